The van der Waals surface area contributed by atoms with Gasteiger partial charge in [-0.05, 0) is 49.4 Å². The van der Waals surface area contributed by atoms with E-state index in [4.69, 9.17) is 4.74 Å². The van der Waals surface area contributed by atoms with Crippen LogP contribution in [0.15, 0.2) is 47.3 Å². The molecule has 2 saturated heterocycles. The molecule has 152 valence electrons. The van der Waals surface area contributed by atoms with Crippen LogP contribution in [0, 0.1) is 5.92 Å². The monoisotopic (exact) mass is 393 g/mol. The maximum absolute atomic E-state index is 13.1. The molecule has 2 aromatic rings. The minimum absolute atomic E-state index is 0.0824. The molecule has 3 aliphatic heterocycles. The number of benzene rings is 1. The average molecular weight is 393 g/mol. The van der Waals surface area contributed by atoms with E-state index in [2.05, 4.69) is 10.2 Å². The molecule has 4 heterocycles. The van der Waals surface area contributed by atoms with Crippen LogP contribution in [0.2, 0.25) is 0 Å². The predicted octanol–water partition coefficient (Wildman–Crippen LogP) is 2.70. The predicted molar refractivity (Wildman–Crippen MR) is 111 cm³/mol. The Morgan fingerprint density at radius 1 is 1.00 bits per heavy atom. The maximum Gasteiger partial charge on any atom is 0.274 e. The van der Waals surface area contributed by atoms with Gasteiger partial charge in [-0.15, -0.1) is 0 Å². The van der Waals surface area contributed by atoms with Crippen molar-refractivity contribution in [3.8, 4) is 0 Å². The lowest BCUT2D eigenvalue weighted by molar-refractivity contribution is 0.00589. The summed E-state index contributed by atoms with van der Waals surface area (Å²) in [5, 5.41) is 2.81. The van der Waals surface area contributed by atoms with Gasteiger partial charge in [0.05, 0.1) is 0 Å². The Balaban J connectivity index is 1.37. The van der Waals surface area contributed by atoms with Gasteiger partial charge in [0.1, 0.15) is 5.69 Å². The van der Waals surface area contributed by atoms with Crippen molar-refractivity contribution in [3.63, 3.8) is 0 Å². The van der Waals surface area contributed by atoms with Gasteiger partial charge >= 0.3 is 0 Å². The van der Waals surface area contributed by atoms with Crippen molar-refractivity contribution < 1.29 is 9.53 Å². The first kappa shape index (κ1) is 18.6. The van der Waals surface area contributed by atoms with E-state index in [0.29, 0.717) is 29.1 Å². The second kappa shape index (κ2) is 7.76. The number of amides is 1. The fraction of sp³-hybridized carbons (Fsp3) is 0.478. The number of pyridine rings is 1. The van der Waals surface area contributed by atoms with Crippen LogP contribution in [0.1, 0.15) is 41.2 Å². The van der Waals surface area contributed by atoms with Crippen LogP contribution in [-0.4, -0.2) is 47.7 Å². The number of carbonyl (C=O) groups is 1. The molecule has 29 heavy (non-hydrogen) atoms. The van der Waals surface area contributed by atoms with E-state index in [0.717, 1.165) is 57.8 Å². The smallest absolute Gasteiger partial charge is 0.274 e. The van der Waals surface area contributed by atoms with E-state index in [-0.39, 0.29) is 11.5 Å². The molecule has 0 aliphatic carbocycles. The van der Waals surface area contributed by atoms with Gasteiger partial charge in [0.2, 0.25) is 0 Å². The van der Waals surface area contributed by atoms with Crippen LogP contribution in [0.3, 0.4) is 0 Å². The molecule has 1 aromatic carbocycles. The lowest BCUT2D eigenvalue weighted by atomic mass is 9.82. The number of hydrogen-bond donors (Lipinski definition) is 1. The molecule has 2 fully saturated rings. The summed E-state index contributed by atoms with van der Waals surface area (Å²) in [6.45, 7) is 4.51. The largest absolute Gasteiger partial charge is 0.381 e. The van der Waals surface area contributed by atoms with E-state index < -0.39 is 0 Å². The molecule has 0 unspecified atom stereocenters. The van der Waals surface area contributed by atoms with Crippen molar-refractivity contribution >= 4 is 11.6 Å². The number of nitrogens with zero attached hydrogens (tertiary/aromatic N) is 2. The molecule has 1 aromatic heterocycles. The van der Waals surface area contributed by atoms with Crippen LogP contribution >= 0.6 is 0 Å². The fourth-order valence-corrected chi connectivity index (χ4v) is 5.21. The van der Waals surface area contributed by atoms with Crippen molar-refractivity contribution in [3.05, 3.63) is 64.1 Å². The Hall–Kier alpha value is -2.44. The van der Waals surface area contributed by atoms with E-state index in [9.17, 15) is 9.59 Å². The first-order valence-electron chi connectivity index (χ1n) is 10.6. The minimum atomic E-state index is -0.245. The quantitative estimate of drug-likeness (QED) is 0.871. The molecule has 1 N–H and O–H groups in total. The second-order valence-corrected chi connectivity index (χ2v) is 8.50. The topological polar surface area (TPSA) is 63.6 Å². The highest BCUT2D eigenvalue weighted by atomic mass is 16.5. The molecule has 6 heteroatoms. The molecule has 2 atom stereocenters. The van der Waals surface area contributed by atoms with Crippen LogP contribution in [0.25, 0.3) is 0 Å². The molecular formula is C23H27N3O3. The normalized spacial score (nSPS) is 24.7. The van der Waals surface area contributed by atoms with Gasteiger partial charge in [-0.2, -0.15) is 0 Å². The van der Waals surface area contributed by atoms with Gasteiger partial charge in [0.25, 0.3) is 11.5 Å². The third-order valence-electron chi connectivity index (χ3n) is 6.62. The number of nitrogens with one attached hydrogen (secondary N) is 1. The summed E-state index contributed by atoms with van der Waals surface area (Å²) in [7, 11) is 0. The lowest BCUT2D eigenvalue weighted by Gasteiger charge is -2.46. The molecule has 1 amide bonds. The number of hydrogen-bond acceptors (Lipinski definition) is 4. The van der Waals surface area contributed by atoms with Crippen LogP contribution < -0.4 is 10.9 Å². The van der Waals surface area contributed by atoms with Crippen molar-refractivity contribution in [2.75, 3.05) is 31.6 Å². The second-order valence-electron chi connectivity index (χ2n) is 8.50. The number of fused-ring (bicyclic) bond motifs is 4. The number of anilines is 1. The number of likely N-dealkylation sites (tertiary alicyclic amines) is 1. The highest BCUT2D eigenvalue weighted by molar-refractivity contribution is 6.04. The zero-order valence-electron chi connectivity index (χ0n) is 16.5. The molecule has 2 bridgehead atoms. The average Bonchev–Trinajstić information content (AvgIpc) is 2.77. The molecule has 0 spiro atoms. The van der Waals surface area contributed by atoms with Gasteiger partial charge in [-0.1, -0.05) is 18.2 Å². The third-order valence-corrected chi connectivity index (χ3v) is 6.62. The minimum Gasteiger partial charge on any atom is -0.381 e. The lowest BCUT2D eigenvalue weighted by Crippen LogP contribution is -2.51. The Morgan fingerprint density at radius 3 is 2.59 bits per heavy atom. The number of piperidine rings is 1. The van der Waals surface area contributed by atoms with E-state index in [1.165, 1.54) is 0 Å². The number of aromatic nitrogens is 1. The van der Waals surface area contributed by atoms with Crippen molar-refractivity contribution in [1.82, 2.24) is 9.47 Å². The van der Waals surface area contributed by atoms with Crippen LogP contribution in [0.4, 0.5) is 5.69 Å². The number of carbonyl (C=O) groups excluding carboxylic acids is 1. The van der Waals surface area contributed by atoms with Crippen molar-refractivity contribution in [1.29, 1.82) is 0 Å². The van der Waals surface area contributed by atoms with Crippen LogP contribution in [-0.2, 0) is 11.3 Å². The Kier molecular flexibility index (Phi) is 4.97. The van der Waals surface area contributed by atoms with E-state index in [1.54, 1.807) is 18.2 Å². The summed E-state index contributed by atoms with van der Waals surface area (Å²) in [6, 6.07) is 13.4. The Bertz CT molecular complexity index is 950. The first-order chi connectivity index (χ1) is 14.2. The van der Waals surface area contributed by atoms with Gasteiger partial charge < -0.3 is 14.6 Å². The highest BCUT2D eigenvalue weighted by Gasteiger charge is 2.37. The van der Waals surface area contributed by atoms with E-state index >= 15 is 0 Å². The molecule has 0 saturated carbocycles. The summed E-state index contributed by atoms with van der Waals surface area (Å²) >= 11 is 0. The summed E-state index contributed by atoms with van der Waals surface area (Å²) in [4.78, 5) is 28.2. The maximum atomic E-state index is 13.1. The molecule has 6 nitrogen and oxygen atoms in total. The Morgan fingerprint density at radius 2 is 1.79 bits per heavy atom. The molecular weight excluding hydrogens is 366 g/mol. The Labute approximate surface area is 170 Å². The summed E-state index contributed by atoms with van der Waals surface area (Å²) in [6.07, 6.45) is 3.36. The number of ether oxygens (including phenoxy) is 1. The summed E-state index contributed by atoms with van der Waals surface area (Å²) < 4.78 is 7.43. The van der Waals surface area contributed by atoms with E-state index in [1.807, 2.05) is 28.8 Å². The van der Waals surface area contributed by atoms with Gasteiger partial charge in [0, 0.05) is 56.1 Å². The fourth-order valence-electron chi connectivity index (χ4n) is 5.21. The first-order valence-corrected chi connectivity index (χ1v) is 10.6. The number of rotatable bonds is 3. The molecule has 0 radical (unpaired) electrons. The zero-order chi connectivity index (χ0) is 19.8. The zero-order valence-corrected chi connectivity index (χ0v) is 16.5. The van der Waals surface area contributed by atoms with Crippen LogP contribution in [0.5, 0.6) is 0 Å². The van der Waals surface area contributed by atoms with Gasteiger partial charge in [0.15, 0.2) is 0 Å². The SMILES string of the molecule is O=C(Nc1ccc2n(c1=O)C[C@H]1C[C@@H]2CN(C2CCOCC2)C1)c1ccccc1. The van der Waals surface area contributed by atoms with Crippen molar-refractivity contribution in [2.24, 2.45) is 5.92 Å². The standard InChI is InChI=1S/C23H27N3O3/c27-22(17-4-2-1-3-5-17)24-20-6-7-21-18-12-16(14-26(21)23(20)28)13-25(15-18)19-8-10-29-11-9-19/h1-7,16,18-19H,8-15H2,(H,24,27)/t16-,18+/m0/s1. The van der Waals surface area contributed by atoms with Gasteiger partial charge in [-0.3, -0.25) is 14.5 Å². The third kappa shape index (κ3) is 3.63. The summed E-state index contributed by atoms with van der Waals surface area (Å²) in [5.74, 6) is 0.628. The molecule has 3 aliphatic rings. The summed E-state index contributed by atoms with van der Waals surface area (Å²) in [5.41, 5.74) is 1.95. The molecule has 5 rings (SSSR count). The van der Waals surface area contributed by atoms with Gasteiger partial charge in [-0.25, -0.2) is 0 Å². The highest BCUT2D eigenvalue weighted by Crippen LogP contribution is 2.37. The van der Waals surface area contributed by atoms with Crippen molar-refractivity contribution in [2.45, 2.75) is 37.8 Å².